The number of carbonyl (C=O) groups is 2. The number of ether oxygens (including phenoxy) is 2. The Kier molecular flexibility index (Phi) is 16.5. The number of anilines is 6. The van der Waals surface area contributed by atoms with Crippen molar-refractivity contribution in [1.82, 2.24) is 29.7 Å². The number of nitrogens with one attached hydrogen (secondary N) is 3. The molecule has 0 spiro atoms. The molecule has 372 valence electrons. The Bertz CT molecular complexity index is 2950. The smallest absolute Gasteiger partial charge is 0.247 e. The Morgan fingerprint density at radius 3 is 1.66 bits per heavy atom. The first-order valence-corrected chi connectivity index (χ1v) is 24.4. The van der Waals surface area contributed by atoms with Gasteiger partial charge in [0.2, 0.25) is 11.1 Å². The lowest BCUT2D eigenvalue weighted by Crippen LogP contribution is -2.23. The van der Waals surface area contributed by atoms with E-state index in [2.05, 4.69) is 72.9 Å². The van der Waals surface area contributed by atoms with Crippen LogP contribution in [0.3, 0.4) is 0 Å². The summed E-state index contributed by atoms with van der Waals surface area (Å²) in [5.41, 5.74) is 9.94. The molecule has 2 saturated carbocycles. The van der Waals surface area contributed by atoms with Gasteiger partial charge in [-0.15, -0.1) is 0 Å². The van der Waals surface area contributed by atoms with Gasteiger partial charge in [0.1, 0.15) is 47.4 Å². The molecule has 19 heteroatoms. The number of hydrogen-bond acceptors (Lipinski definition) is 13. The summed E-state index contributed by atoms with van der Waals surface area (Å²) >= 11 is 16.5. The maximum atomic E-state index is 13.6. The molecule has 2 aliphatic carbocycles. The number of allylic oxidation sites excluding steroid dienone is 1. The minimum absolute atomic E-state index is 0.00518. The fraction of sp³-hybridized carbons (Fsp3) is 0.346. The van der Waals surface area contributed by atoms with Gasteiger partial charge in [-0.1, -0.05) is 36.4 Å². The lowest BCUT2D eigenvalue weighted by molar-refractivity contribution is -0.112. The minimum atomic E-state index is -0.509. The first-order chi connectivity index (χ1) is 34.2. The van der Waals surface area contributed by atoms with E-state index < -0.39 is 16.9 Å². The van der Waals surface area contributed by atoms with Gasteiger partial charge in [-0.2, -0.15) is 0 Å². The standard InChI is InChI=1S/C26H27ClFN5O2.C23H25ClFN5O.C3H3ClO/c1-3-25(34)32-23-9-18-22(29-14-30-26(18)31-17-6-7-21(28)20(27)8-17)10-24(23)35-13-16-5-4-15-11-33(2)12-19(15)16;1-30-9-13-2-3-14(17(13)10-30)11-31-22-8-21-16(7-20(22)26)23(28-12-27-21)29-15-4-5-19(25)18(24)6-15;1-2-3(4)5/h3,6-10,14-16,19H,1,4-5,11-13H2,2H3,(H,32,34)(H,29,30,31);4-8,12-14,17H,2-3,9-11,26H2,1H3,(H,27,28,29);2H,1H2. The van der Waals surface area contributed by atoms with Crippen molar-refractivity contribution in [1.29, 1.82) is 0 Å². The molecule has 6 unspecified atom stereocenters. The van der Waals surface area contributed by atoms with Gasteiger partial charge in [0.05, 0.1) is 45.7 Å². The summed E-state index contributed by atoms with van der Waals surface area (Å²) in [6.45, 7) is 12.5. The molecule has 2 aliphatic heterocycles. The molecular formula is C52H55Cl3F2N10O4. The van der Waals surface area contributed by atoms with Gasteiger partial charge < -0.3 is 41.0 Å². The number of amides is 1. The van der Waals surface area contributed by atoms with Crippen molar-refractivity contribution in [3.05, 3.63) is 120 Å². The highest BCUT2D eigenvalue weighted by molar-refractivity contribution is 6.66. The first-order valence-electron chi connectivity index (χ1n) is 23.3. The summed E-state index contributed by atoms with van der Waals surface area (Å²) in [6.07, 6.45) is 10.1. The molecule has 2 aromatic heterocycles. The van der Waals surface area contributed by atoms with E-state index in [0.29, 0.717) is 93.7 Å². The Labute approximate surface area is 426 Å². The monoisotopic (exact) mass is 1030 g/mol. The number of nitrogen functional groups attached to an aromatic ring is 1. The molecule has 2 saturated heterocycles. The number of nitrogens with two attached hydrogens (primary N) is 1. The molecule has 5 N–H and O–H groups in total. The summed E-state index contributed by atoms with van der Waals surface area (Å²) in [4.78, 5) is 43.9. The summed E-state index contributed by atoms with van der Waals surface area (Å²) in [6, 6.07) is 16.0. The van der Waals surface area contributed by atoms with Gasteiger partial charge in [0, 0.05) is 60.5 Å². The zero-order chi connectivity index (χ0) is 50.3. The number of halogens is 5. The third-order valence-electron chi connectivity index (χ3n) is 13.8. The Morgan fingerprint density at radius 1 is 0.704 bits per heavy atom. The third-order valence-corrected chi connectivity index (χ3v) is 14.5. The van der Waals surface area contributed by atoms with Gasteiger partial charge >= 0.3 is 0 Å². The van der Waals surface area contributed by atoms with Crippen LogP contribution in [-0.4, -0.2) is 94.4 Å². The minimum Gasteiger partial charge on any atom is -0.491 e. The lowest BCUT2D eigenvalue weighted by atomic mass is 9.93. The number of carbonyl (C=O) groups excluding carboxylic acids is 2. The number of benzene rings is 4. The number of hydrogen-bond donors (Lipinski definition) is 4. The summed E-state index contributed by atoms with van der Waals surface area (Å²) in [5, 5.41) is 10.1. The molecule has 6 aromatic rings. The van der Waals surface area contributed by atoms with E-state index in [1.165, 1.54) is 68.8 Å². The number of fused-ring (bicyclic) bond motifs is 4. The highest BCUT2D eigenvalue weighted by Crippen LogP contribution is 2.44. The molecule has 4 aliphatic rings. The maximum Gasteiger partial charge on any atom is 0.247 e. The Hall–Kier alpha value is -6.17. The number of likely N-dealkylation sites (tertiary alicyclic amines) is 2. The number of rotatable bonds is 13. The van der Waals surface area contributed by atoms with Crippen LogP contribution in [0.25, 0.3) is 21.8 Å². The second kappa shape index (κ2) is 22.9. The normalized spacial score (nSPS) is 21.3. The highest BCUT2D eigenvalue weighted by atomic mass is 35.5. The van der Waals surface area contributed by atoms with Crippen molar-refractivity contribution in [3.8, 4) is 11.5 Å². The summed E-state index contributed by atoms with van der Waals surface area (Å²) < 4.78 is 39.5. The second-order valence-electron chi connectivity index (χ2n) is 18.5. The molecule has 4 aromatic carbocycles. The van der Waals surface area contributed by atoms with Crippen molar-refractivity contribution in [2.45, 2.75) is 25.7 Å². The summed E-state index contributed by atoms with van der Waals surface area (Å²) in [7, 11) is 4.37. The molecular weight excluding hydrogens is 973 g/mol. The zero-order valence-corrected chi connectivity index (χ0v) is 41.6. The average molecular weight is 1030 g/mol. The Morgan fingerprint density at radius 2 is 1.18 bits per heavy atom. The molecule has 4 fully saturated rings. The van der Waals surface area contributed by atoms with Gasteiger partial charge in [0.15, 0.2) is 0 Å². The van der Waals surface area contributed by atoms with E-state index in [1.54, 1.807) is 18.2 Å². The van der Waals surface area contributed by atoms with Crippen molar-refractivity contribution < 1.29 is 27.8 Å². The van der Waals surface area contributed by atoms with E-state index in [1.807, 2.05) is 18.2 Å². The van der Waals surface area contributed by atoms with Gasteiger partial charge in [-0.3, -0.25) is 9.59 Å². The molecule has 10 rings (SSSR count). The van der Waals surface area contributed by atoms with Crippen LogP contribution in [0.4, 0.5) is 43.2 Å². The third kappa shape index (κ3) is 12.5. The highest BCUT2D eigenvalue weighted by Gasteiger charge is 2.42. The fourth-order valence-electron chi connectivity index (χ4n) is 10.3. The molecule has 71 heavy (non-hydrogen) atoms. The van der Waals surface area contributed by atoms with Gasteiger partial charge in [-0.05, 0) is 148 Å². The molecule has 1 amide bonds. The van der Waals surface area contributed by atoms with Crippen LogP contribution in [0.15, 0.2) is 98.6 Å². The predicted octanol–water partition coefficient (Wildman–Crippen LogP) is 10.9. The van der Waals surface area contributed by atoms with Crippen LogP contribution in [-0.2, 0) is 9.59 Å². The summed E-state index contributed by atoms with van der Waals surface area (Å²) in [5.74, 6) is 4.90. The molecule has 6 atom stereocenters. The van der Waals surface area contributed by atoms with Crippen LogP contribution in [0.5, 0.6) is 11.5 Å². The largest absolute Gasteiger partial charge is 0.491 e. The van der Waals surface area contributed by atoms with E-state index in [0.717, 1.165) is 54.9 Å². The van der Waals surface area contributed by atoms with Gasteiger partial charge in [0.25, 0.3) is 0 Å². The SMILES string of the molecule is C=CC(=O)Cl.C=CC(=O)Nc1cc2c(Nc3ccc(F)c(Cl)c3)ncnc2cc1OCC1CCC2CN(C)CC12.CN1CC2CCC(COc3cc4ncnc(Nc5ccc(F)c(Cl)c5)c4cc3N)C2C1. The number of aromatic nitrogens is 4. The fourth-order valence-corrected chi connectivity index (χ4v) is 10.7. The topological polar surface area (TPSA) is 173 Å². The molecule has 4 heterocycles. The molecule has 0 bridgehead atoms. The molecule has 0 radical (unpaired) electrons. The van der Waals surface area contributed by atoms with E-state index in [4.69, 9.17) is 50.0 Å². The predicted molar refractivity (Wildman–Crippen MR) is 278 cm³/mol. The van der Waals surface area contributed by atoms with Crippen molar-refractivity contribution >= 4 is 102 Å². The number of nitrogens with zero attached hydrogens (tertiary/aromatic N) is 6. The molecule has 14 nitrogen and oxygen atoms in total. The quantitative estimate of drug-likeness (QED) is 0.0490. The zero-order valence-electron chi connectivity index (χ0n) is 39.3. The van der Waals surface area contributed by atoms with Crippen molar-refractivity contribution in [3.63, 3.8) is 0 Å². The van der Waals surface area contributed by atoms with Crippen molar-refractivity contribution in [2.24, 2.45) is 35.5 Å². The van der Waals surface area contributed by atoms with Crippen LogP contribution in [0.2, 0.25) is 10.0 Å². The van der Waals surface area contributed by atoms with Crippen LogP contribution >= 0.6 is 34.8 Å². The maximum absolute atomic E-state index is 13.6. The van der Waals surface area contributed by atoms with Crippen LogP contribution in [0, 0.1) is 47.1 Å². The van der Waals surface area contributed by atoms with Crippen LogP contribution < -0.4 is 31.2 Å². The van der Waals surface area contributed by atoms with Crippen LogP contribution in [0.1, 0.15) is 25.7 Å². The lowest BCUT2D eigenvalue weighted by Gasteiger charge is -2.21. The van der Waals surface area contributed by atoms with Crippen molar-refractivity contribution in [2.75, 3.05) is 75.2 Å². The Balaban J connectivity index is 0.000000175. The van der Waals surface area contributed by atoms with E-state index >= 15 is 0 Å². The second-order valence-corrected chi connectivity index (χ2v) is 19.7. The van der Waals surface area contributed by atoms with Gasteiger partial charge in [-0.25, -0.2) is 28.7 Å². The first kappa shape index (κ1) is 51.2. The average Bonchev–Trinajstić information content (AvgIpc) is 4.12. The van der Waals surface area contributed by atoms with E-state index in [-0.39, 0.29) is 16.0 Å². The van der Waals surface area contributed by atoms with E-state index in [9.17, 15) is 18.4 Å².